The number of hydrogen-bond donors (Lipinski definition) is 1. The summed E-state index contributed by atoms with van der Waals surface area (Å²) in [4.78, 5) is 13.9. The van der Waals surface area contributed by atoms with E-state index < -0.39 is 5.41 Å². The van der Waals surface area contributed by atoms with E-state index in [1.165, 1.54) is 51.4 Å². The quantitative estimate of drug-likeness (QED) is 0.344. The molecule has 3 nitrogen and oxygen atoms in total. The number of hydrazine groups is 1. The summed E-state index contributed by atoms with van der Waals surface area (Å²) in [6, 6.07) is 32.1. The molecule has 3 aromatic carbocycles. The van der Waals surface area contributed by atoms with E-state index in [1.807, 2.05) is 18.2 Å². The highest BCUT2D eigenvalue weighted by Crippen LogP contribution is 2.42. The first-order valence-corrected chi connectivity index (χ1v) is 14.0. The van der Waals surface area contributed by atoms with E-state index in [1.54, 1.807) is 0 Å². The van der Waals surface area contributed by atoms with Crippen LogP contribution in [0.5, 0.6) is 0 Å². The Morgan fingerprint density at radius 1 is 0.694 bits per heavy atom. The Balaban J connectivity index is 1.44. The minimum atomic E-state index is -0.553. The molecule has 1 aliphatic carbocycles. The minimum Gasteiger partial charge on any atom is -0.289 e. The molecule has 1 aliphatic heterocycles. The van der Waals surface area contributed by atoms with Gasteiger partial charge >= 0.3 is 0 Å². The van der Waals surface area contributed by atoms with Crippen molar-refractivity contribution < 1.29 is 4.79 Å². The molecule has 5 rings (SSSR count). The molecule has 0 radical (unpaired) electrons. The van der Waals surface area contributed by atoms with E-state index in [2.05, 4.69) is 83.2 Å². The third-order valence-electron chi connectivity index (χ3n) is 8.45. The van der Waals surface area contributed by atoms with Gasteiger partial charge in [-0.25, -0.2) is 5.01 Å². The normalized spacial score (nSPS) is 19.6. The summed E-state index contributed by atoms with van der Waals surface area (Å²) in [6.07, 6.45) is 12.1. The third kappa shape index (κ3) is 5.57. The fourth-order valence-electron chi connectivity index (χ4n) is 6.62. The molecule has 0 bridgehead atoms. The number of carbonyl (C=O) groups excluding carboxylic acids is 1. The zero-order valence-electron chi connectivity index (χ0n) is 21.4. The van der Waals surface area contributed by atoms with Crippen LogP contribution >= 0.6 is 0 Å². The second-order valence-corrected chi connectivity index (χ2v) is 10.8. The van der Waals surface area contributed by atoms with E-state index in [9.17, 15) is 4.79 Å². The van der Waals surface area contributed by atoms with Gasteiger partial charge in [-0.2, -0.15) is 0 Å². The highest BCUT2D eigenvalue weighted by atomic mass is 16.2. The maximum absolute atomic E-state index is 13.9. The molecule has 0 aromatic heterocycles. The lowest BCUT2D eigenvalue weighted by molar-refractivity contribution is -0.128. The van der Waals surface area contributed by atoms with E-state index in [0.29, 0.717) is 12.5 Å². The fraction of sp³-hybridized carbons (Fsp3) is 0.424. The first-order valence-electron chi connectivity index (χ1n) is 14.0. The van der Waals surface area contributed by atoms with Crippen LogP contribution in [0.1, 0.15) is 80.9 Å². The standard InChI is InChI=1S/C33H40N2O/c36-32(34-35-24-14-13-23-31(35)25-27-15-5-1-6-16-27)26-33(28-17-7-2-8-18-28,29-19-9-3-10-20-29)30-21-11-4-12-22-30/h2-4,7-12,17-22,27,31H,1,5-6,13-16,23-26H2,(H,34,36). The molecule has 1 saturated carbocycles. The van der Waals surface area contributed by atoms with Crippen molar-refractivity contribution in [2.24, 2.45) is 5.92 Å². The van der Waals surface area contributed by atoms with Crippen molar-refractivity contribution in [2.75, 3.05) is 6.54 Å². The molecular weight excluding hydrogens is 440 g/mol. The monoisotopic (exact) mass is 480 g/mol. The second kappa shape index (κ2) is 11.9. The van der Waals surface area contributed by atoms with Gasteiger partial charge in [0, 0.05) is 19.0 Å². The molecule has 1 heterocycles. The Bertz CT molecular complexity index is 980. The van der Waals surface area contributed by atoms with Crippen LogP contribution in [0.2, 0.25) is 0 Å². The van der Waals surface area contributed by atoms with Crippen LogP contribution in [0.3, 0.4) is 0 Å². The van der Waals surface area contributed by atoms with Gasteiger partial charge in [0.2, 0.25) is 5.91 Å². The fourth-order valence-corrected chi connectivity index (χ4v) is 6.62. The van der Waals surface area contributed by atoms with Crippen LogP contribution in [-0.2, 0) is 10.2 Å². The largest absolute Gasteiger partial charge is 0.289 e. The van der Waals surface area contributed by atoms with Gasteiger partial charge in [-0.15, -0.1) is 0 Å². The average Bonchev–Trinajstić information content (AvgIpc) is 2.95. The zero-order valence-corrected chi connectivity index (χ0v) is 21.4. The van der Waals surface area contributed by atoms with Gasteiger partial charge in [0.15, 0.2) is 0 Å². The summed E-state index contributed by atoms with van der Waals surface area (Å²) in [5.74, 6) is 0.917. The maximum Gasteiger partial charge on any atom is 0.235 e. The molecular formula is C33H40N2O. The third-order valence-corrected chi connectivity index (χ3v) is 8.45. The first-order chi connectivity index (χ1) is 17.8. The van der Waals surface area contributed by atoms with Gasteiger partial charge in [0.05, 0.1) is 5.41 Å². The van der Waals surface area contributed by atoms with E-state index in [-0.39, 0.29) is 5.91 Å². The Morgan fingerprint density at radius 3 is 1.72 bits per heavy atom. The summed E-state index contributed by atoms with van der Waals surface area (Å²) in [5, 5.41) is 2.30. The molecule has 2 fully saturated rings. The molecule has 1 amide bonds. The van der Waals surface area contributed by atoms with Crippen molar-refractivity contribution in [1.29, 1.82) is 0 Å². The summed E-state index contributed by atoms with van der Waals surface area (Å²) >= 11 is 0. The zero-order chi connectivity index (χ0) is 24.6. The highest BCUT2D eigenvalue weighted by Gasteiger charge is 2.39. The van der Waals surface area contributed by atoms with Crippen molar-refractivity contribution in [3.8, 4) is 0 Å². The SMILES string of the molecule is O=C(CC(c1ccccc1)(c1ccccc1)c1ccccc1)NN1CCCCC1CC1CCCCC1. The average molecular weight is 481 g/mol. The van der Waals surface area contributed by atoms with Crippen LogP contribution < -0.4 is 5.43 Å². The predicted octanol–water partition coefficient (Wildman–Crippen LogP) is 7.27. The lowest BCUT2D eigenvalue weighted by atomic mass is 9.67. The van der Waals surface area contributed by atoms with Crippen molar-refractivity contribution in [3.05, 3.63) is 108 Å². The molecule has 1 atom stereocenters. The van der Waals surface area contributed by atoms with Crippen LogP contribution in [0.25, 0.3) is 0 Å². The molecule has 188 valence electrons. The summed E-state index contributed by atoms with van der Waals surface area (Å²) in [6.45, 7) is 0.956. The van der Waals surface area contributed by atoms with Crippen molar-refractivity contribution in [2.45, 2.75) is 75.7 Å². The van der Waals surface area contributed by atoms with Gasteiger partial charge < -0.3 is 0 Å². The van der Waals surface area contributed by atoms with E-state index in [0.717, 1.165) is 35.6 Å². The van der Waals surface area contributed by atoms with E-state index >= 15 is 0 Å². The Labute approximate surface area is 216 Å². The number of carbonyl (C=O) groups is 1. The molecule has 36 heavy (non-hydrogen) atoms. The van der Waals surface area contributed by atoms with Gasteiger partial charge in [-0.05, 0) is 41.9 Å². The number of benzene rings is 3. The number of hydrogen-bond acceptors (Lipinski definition) is 2. The molecule has 0 spiro atoms. The van der Waals surface area contributed by atoms with Crippen LogP contribution in [0, 0.1) is 5.92 Å². The number of rotatable bonds is 8. The Kier molecular flexibility index (Phi) is 8.18. The Hall–Kier alpha value is -2.91. The maximum atomic E-state index is 13.9. The molecule has 2 aliphatic rings. The Morgan fingerprint density at radius 2 is 1.19 bits per heavy atom. The smallest absolute Gasteiger partial charge is 0.235 e. The van der Waals surface area contributed by atoms with Gasteiger partial charge in [-0.3, -0.25) is 10.2 Å². The highest BCUT2D eigenvalue weighted by molar-refractivity contribution is 5.79. The van der Waals surface area contributed by atoms with Crippen molar-refractivity contribution in [1.82, 2.24) is 10.4 Å². The van der Waals surface area contributed by atoms with Gasteiger partial charge in [0.1, 0.15) is 0 Å². The molecule has 1 saturated heterocycles. The molecule has 1 unspecified atom stereocenters. The first kappa shape index (κ1) is 24.8. The number of nitrogens with zero attached hydrogens (tertiary/aromatic N) is 1. The van der Waals surface area contributed by atoms with Crippen LogP contribution in [-0.4, -0.2) is 23.5 Å². The lowest BCUT2D eigenvalue weighted by Gasteiger charge is -2.40. The number of amides is 1. The molecule has 3 heteroatoms. The minimum absolute atomic E-state index is 0.0992. The summed E-state index contributed by atoms with van der Waals surface area (Å²) in [7, 11) is 0. The summed E-state index contributed by atoms with van der Waals surface area (Å²) in [5.41, 5.74) is 6.31. The summed E-state index contributed by atoms with van der Waals surface area (Å²) < 4.78 is 0. The van der Waals surface area contributed by atoms with Crippen molar-refractivity contribution >= 4 is 5.91 Å². The van der Waals surface area contributed by atoms with Crippen molar-refractivity contribution in [3.63, 3.8) is 0 Å². The van der Waals surface area contributed by atoms with Crippen LogP contribution in [0.15, 0.2) is 91.0 Å². The number of nitrogens with one attached hydrogen (secondary N) is 1. The molecule has 1 N–H and O–H groups in total. The van der Waals surface area contributed by atoms with Gasteiger partial charge in [0.25, 0.3) is 0 Å². The lowest BCUT2D eigenvalue weighted by Crippen LogP contribution is -2.52. The van der Waals surface area contributed by atoms with Crippen LogP contribution in [0.4, 0.5) is 0 Å². The van der Waals surface area contributed by atoms with E-state index in [4.69, 9.17) is 0 Å². The number of piperidine rings is 1. The predicted molar refractivity (Wildman–Crippen MR) is 148 cm³/mol. The topological polar surface area (TPSA) is 32.3 Å². The second-order valence-electron chi connectivity index (χ2n) is 10.8. The van der Waals surface area contributed by atoms with Gasteiger partial charge in [-0.1, -0.05) is 130 Å². The molecule has 3 aromatic rings.